The summed E-state index contributed by atoms with van der Waals surface area (Å²) in [6.45, 7) is 1.21. The number of hydrogen-bond donors (Lipinski definition) is 0. The number of carbonyl (C=O) groups excluding carboxylic acids is 1. The molecule has 2 heterocycles. The molecule has 3 heteroatoms. The van der Waals surface area contributed by atoms with Gasteiger partial charge in [-0.2, -0.15) is 0 Å². The van der Waals surface area contributed by atoms with Crippen LogP contribution in [-0.4, -0.2) is 19.5 Å². The third kappa shape index (κ3) is 1.65. The fourth-order valence-corrected chi connectivity index (χ4v) is 1.66. The Bertz CT molecular complexity index is 270. The largest absolute Gasteiger partial charge is 0.469 e. The first-order valence-corrected chi connectivity index (χ1v) is 4.41. The Morgan fingerprint density at radius 2 is 2.54 bits per heavy atom. The van der Waals surface area contributed by atoms with Crippen LogP contribution in [0, 0.1) is 5.41 Å². The lowest BCUT2D eigenvalue weighted by Crippen LogP contribution is -2.25. The van der Waals surface area contributed by atoms with E-state index in [9.17, 15) is 4.79 Å². The van der Waals surface area contributed by atoms with Crippen LogP contribution in [0.3, 0.4) is 0 Å². The van der Waals surface area contributed by atoms with Crippen molar-refractivity contribution in [2.24, 2.45) is 5.41 Å². The standard InChI is InChI=1S/C10H12O3/c11-7-10(3-5-12-8-10)6-9-2-1-4-13-9/h1-2,4,7H,3,5-6,8H2. The van der Waals surface area contributed by atoms with E-state index in [0.717, 1.165) is 18.5 Å². The summed E-state index contributed by atoms with van der Waals surface area (Å²) in [4.78, 5) is 10.9. The minimum Gasteiger partial charge on any atom is -0.469 e. The molecular formula is C10H12O3. The SMILES string of the molecule is O=CC1(Cc2ccco2)CCOC1. The molecular weight excluding hydrogens is 168 g/mol. The van der Waals surface area contributed by atoms with Gasteiger partial charge in [0.25, 0.3) is 0 Å². The third-order valence-corrected chi connectivity index (χ3v) is 2.49. The zero-order valence-electron chi connectivity index (χ0n) is 7.36. The first-order chi connectivity index (χ1) is 6.35. The molecule has 2 rings (SSSR count). The monoisotopic (exact) mass is 180 g/mol. The summed E-state index contributed by atoms with van der Waals surface area (Å²) in [7, 11) is 0. The molecule has 0 bridgehead atoms. The van der Waals surface area contributed by atoms with Gasteiger partial charge in [-0.1, -0.05) is 0 Å². The topological polar surface area (TPSA) is 39.4 Å². The summed E-state index contributed by atoms with van der Waals surface area (Å²) in [5, 5.41) is 0. The van der Waals surface area contributed by atoms with Gasteiger partial charge in [-0.05, 0) is 18.6 Å². The molecule has 0 spiro atoms. The Morgan fingerprint density at radius 1 is 1.62 bits per heavy atom. The Hall–Kier alpha value is -1.09. The second kappa shape index (κ2) is 3.34. The van der Waals surface area contributed by atoms with E-state index in [1.807, 2.05) is 12.1 Å². The van der Waals surface area contributed by atoms with Gasteiger partial charge in [0.15, 0.2) is 0 Å². The molecule has 3 nitrogen and oxygen atoms in total. The molecule has 70 valence electrons. The van der Waals surface area contributed by atoms with Gasteiger partial charge in [0.05, 0.1) is 18.3 Å². The number of aldehydes is 1. The lowest BCUT2D eigenvalue weighted by molar-refractivity contribution is -0.116. The van der Waals surface area contributed by atoms with Gasteiger partial charge in [0.2, 0.25) is 0 Å². The minimum absolute atomic E-state index is 0.335. The second-order valence-corrected chi connectivity index (χ2v) is 3.54. The van der Waals surface area contributed by atoms with E-state index in [0.29, 0.717) is 19.6 Å². The molecule has 13 heavy (non-hydrogen) atoms. The third-order valence-electron chi connectivity index (χ3n) is 2.49. The molecule has 0 aliphatic carbocycles. The number of rotatable bonds is 3. The van der Waals surface area contributed by atoms with Crippen molar-refractivity contribution >= 4 is 6.29 Å². The highest BCUT2D eigenvalue weighted by molar-refractivity contribution is 5.60. The van der Waals surface area contributed by atoms with Crippen LogP contribution in [0.5, 0.6) is 0 Å². The summed E-state index contributed by atoms with van der Waals surface area (Å²) < 4.78 is 10.4. The molecule has 1 aromatic rings. The van der Waals surface area contributed by atoms with Crippen LogP contribution in [-0.2, 0) is 16.0 Å². The number of carbonyl (C=O) groups is 1. The fraction of sp³-hybridized carbons (Fsp3) is 0.500. The van der Waals surface area contributed by atoms with Crippen LogP contribution in [0.4, 0.5) is 0 Å². The van der Waals surface area contributed by atoms with E-state index in [1.165, 1.54) is 0 Å². The van der Waals surface area contributed by atoms with E-state index in [4.69, 9.17) is 9.15 Å². The maximum atomic E-state index is 10.9. The van der Waals surface area contributed by atoms with Crippen molar-refractivity contribution in [3.63, 3.8) is 0 Å². The average Bonchev–Trinajstić information content (AvgIpc) is 2.77. The van der Waals surface area contributed by atoms with E-state index < -0.39 is 0 Å². The van der Waals surface area contributed by atoms with Crippen molar-refractivity contribution < 1.29 is 13.9 Å². The molecule has 0 N–H and O–H groups in total. The van der Waals surface area contributed by atoms with Crippen LogP contribution in [0.15, 0.2) is 22.8 Å². The Balaban J connectivity index is 2.10. The zero-order chi connectivity index (χ0) is 9.15. The zero-order valence-corrected chi connectivity index (χ0v) is 7.36. The Morgan fingerprint density at radius 3 is 3.08 bits per heavy atom. The van der Waals surface area contributed by atoms with Gasteiger partial charge in [0.1, 0.15) is 12.0 Å². The highest BCUT2D eigenvalue weighted by atomic mass is 16.5. The van der Waals surface area contributed by atoms with Gasteiger partial charge in [-0.3, -0.25) is 0 Å². The summed E-state index contributed by atoms with van der Waals surface area (Å²) >= 11 is 0. The molecule has 0 amide bonds. The first-order valence-electron chi connectivity index (χ1n) is 4.41. The lowest BCUT2D eigenvalue weighted by Gasteiger charge is -2.17. The minimum atomic E-state index is -0.335. The van der Waals surface area contributed by atoms with Crippen molar-refractivity contribution in [1.29, 1.82) is 0 Å². The van der Waals surface area contributed by atoms with Gasteiger partial charge in [0, 0.05) is 13.0 Å². The smallest absolute Gasteiger partial charge is 0.128 e. The van der Waals surface area contributed by atoms with Crippen molar-refractivity contribution in [3.05, 3.63) is 24.2 Å². The van der Waals surface area contributed by atoms with Crippen LogP contribution in [0.2, 0.25) is 0 Å². The quantitative estimate of drug-likeness (QED) is 0.660. The molecule has 1 aliphatic heterocycles. The first kappa shape index (κ1) is 8.51. The Kier molecular flexibility index (Phi) is 2.19. The number of ether oxygens (including phenoxy) is 1. The predicted octanol–water partition coefficient (Wildman–Crippen LogP) is 1.43. The van der Waals surface area contributed by atoms with Crippen molar-refractivity contribution in [1.82, 2.24) is 0 Å². The van der Waals surface area contributed by atoms with Gasteiger partial charge in [-0.25, -0.2) is 0 Å². The lowest BCUT2D eigenvalue weighted by atomic mass is 9.85. The number of hydrogen-bond acceptors (Lipinski definition) is 3. The van der Waals surface area contributed by atoms with E-state index in [2.05, 4.69) is 0 Å². The normalized spacial score (nSPS) is 27.7. The molecule has 1 fully saturated rings. The molecule has 1 saturated heterocycles. The summed E-state index contributed by atoms with van der Waals surface area (Å²) in [5.74, 6) is 0.859. The van der Waals surface area contributed by atoms with Crippen LogP contribution in [0.1, 0.15) is 12.2 Å². The molecule has 1 atom stereocenters. The fourth-order valence-electron chi connectivity index (χ4n) is 1.66. The highest BCUT2D eigenvalue weighted by Gasteiger charge is 2.35. The van der Waals surface area contributed by atoms with Crippen molar-refractivity contribution in [2.75, 3.05) is 13.2 Å². The molecule has 0 radical (unpaired) electrons. The van der Waals surface area contributed by atoms with Gasteiger partial charge < -0.3 is 13.9 Å². The Labute approximate surface area is 76.7 Å². The molecule has 0 aromatic carbocycles. The predicted molar refractivity (Wildman–Crippen MR) is 46.3 cm³/mol. The van der Waals surface area contributed by atoms with Crippen LogP contribution in [0.25, 0.3) is 0 Å². The molecule has 1 unspecified atom stereocenters. The molecule has 1 aliphatic rings. The second-order valence-electron chi connectivity index (χ2n) is 3.54. The molecule has 1 aromatic heterocycles. The maximum absolute atomic E-state index is 10.9. The number of furan rings is 1. The van der Waals surface area contributed by atoms with E-state index in [1.54, 1.807) is 6.26 Å². The van der Waals surface area contributed by atoms with Crippen molar-refractivity contribution in [2.45, 2.75) is 12.8 Å². The van der Waals surface area contributed by atoms with Crippen LogP contribution >= 0.6 is 0 Å². The average molecular weight is 180 g/mol. The van der Waals surface area contributed by atoms with E-state index in [-0.39, 0.29) is 5.41 Å². The van der Waals surface area contributed by atoms with Gasteiger partial charge >= 0.3 is 0 Å². The molecule has 0 saturated carbocycles. The summed E-state index contributed by atoms with van der Waals surface area (Å²) in [6, 6.07) is 3.73. The maximum Gasteiger partial charge on any atom is 0.128 e. The summed E-state index contributed by atoms with van der Waals surface area (Å²) in [6.07, 6.45) is 4.09. The highest BCUT2D eigenvalue weighted by Crippen LogP contribution is 2.30. The van der Waals surface area contributed by atoms with Crippen molar-refractivity contribution in [3.8, 4) is 0 Å². The van der Waals surface area contributed by atoms with E-state index >= 15 is 0 Å². The van der Waals surface area contributed by atoms with Gasteiger partial charge in [-0.15, -0.1) is 0 Å². The van der Waals surface area contributed by atoms with Crippen LogP contribution < -0.4 is 0 Å². The summed E-state index contributed by atoms with van der Waals surface area (Å²) in [5.41, 5.74) is -0.335.